The van der Waals surface area contributed by atoms with Gasteiger partial charge in [0.25, 0.3) is 0 Å². The van der Waals surface area contributed by atoms with Gasteiger partial charge in [-0.2, -0.15) is 0 Å². The van der Waals surface area contributed by atoms with Crippen molar-refractivity contribution < 1.29 is 28.8 Å². The number of hydrogen-bond donors (Lipinski definition) is 2. The zero-order valence-electron chi connectivity index (χ0n) is 19.6. The molecule has 4 heterocycles. The summed E-state index contributed by atoms with van der Waals surface area (Å²) < 4.78 is 1.95. The Labute approximate surface area is 200 Å². The largest absolute Gasteiger partial charge is 0.330 e. The molecule has 8 amide bonds. The Hall–Kier alpha value is -4.35. The molecule has 12 nitrogen and oxygen atoms in total. The number of aryl methyl sites for hydroxylation is 1. The Balaban J connectivity index is 1.81. The van der Waals surface area contributed by atoms with Crippen molar-refractivity contribution in [3.05, 3.63) is 47.5 Å². The van der Waals surface area contributed by atoms with Gasteiger partial charge in [0.05, 0.1) is 0 Å². The Morgan fingerprint density at radius 2 is 1.34 bits per heavy atom. The van der Waals surface area contributed by atoms with Crippen LogP contribution in [0.1, 0.15) is 17.0 Å². The average Bonchev–Trinajstić information content (AvgIpc) is 3.09. The van der Waals surface area contributed by atoms with Crippen LogP contribution in [0.2, 0.25) is 0 Å². The third-order valence-electron chi connectivity index (χ3n) is 6.60. The minimum absolute atomic E-state index is 0.0114. The average molecular weight is 480 g/mol. The molecule has 2 atom stereocenters. The molecule has 35 heavy (non-hydrogen) atoms. The van der Waals surface area contributed by atoms with E-state index >= 15 is 0 Å². The van der Waals surface area contributed by atoms with Gasteiger partial charge in [0.1, 0.15) is 11.8 Å². The van der Waals surface area contributed by atoms with Crippen molar-refractivity contribution in [2.24, 2.45) is 17.8 Å². The maximum absolute atomic E-state index is 13.1. The second-order valence-corrected chi connectivity index (χ2v) is 8.64. The second-order valence-electron chi connectivity index (χ2n) is 8.64. The lowest BCUT2D eigenvalue weighted by Crippen LogP contribution is -2.64. The predicted molar refractivity (Wildman–Crippen MR) is 120 cm³/mol. The predicted octanol–water partition coefficient (Wildman–Crippen LogP) is 0.297. The standard InChI is InChI=1S/C23H24N6O6/c1-11-9-13(12(2)29(11)14-5-7-24-8-6-14)10-15(16-18(30)25-22(34)27(3)20(16)32)17-19(31)26-23(35)28(4)21(17)33/h5-9,15-17H,10H2,1-4H3,(H,25,30,34)(H,26,31,35)/t16-,17-/m1/s1. The summed E-state index contributed by atoms with van der Waals surface area (Å²) in [4.78, 5) is 81.3. The number of amides is 8. The summed E-state index contributed by atoms with van der Waals surface area (Å²) >= 11 is 0. The van der Waals surface area contributed by atoms with E-state index in [4.69, 9.17) is 0 Å². The van der Waals surface area contributed by atoms with Gasteiger partial charge < -0.3 is 4.57 Å². The number of urea groups is 2. The highest BCUT2D eigenvalue weighted by Gasteiger charge is 2.52. The van der Waals surface area contributed by atoms with Gasteiger partial charge in [-0.3, -0.25) is 44.6 Å². The van der Waals surface area contributed by atoms with Crippen molar-refractivity contribution in [1.82, 2.24) is 30.0 Å². The summed E-state index contributed by atoms with van der Waals surface area (Å²) in [5, 5.41) is 4.23. The van der Waals surface area contributed by atoms with Crippen molar-refractivity contribution >= 4 is 35.7 Å². The fraction of sp³-hybridized carbons (Fsp3) is 0.348. The molecule has 12 heteroatoms. The van der Waals surface area contributed by atoms with Crippen LogP contribution in [0.5, 0.6) is 0 Å². The first-order valence-corrected chi connectivity index (χ1v) is 10.9. The SMILES string of the molecule is Cc1cc(CC([C@@H]2C(=O)NC(=O)N(C)C2=O)[C@@H]2C(=O)NC(=O)N(C)C2=O)c(C)n1-c1ccncc1. The summed E-state index contributed by atoms with van der Waals surface area (Å²) in [6.45, 7) is 3.72. The molecule has 0 aliphatic carbocycles. The third-order valence-corrected chi connectivity index (χ3v) is 6.60. The van der Waals surface area contributed by atoms with Crippen molar-refractivity contribution in [3.63, 3.8) is 0 Å². The van der Waals surface area contributed by atoms with Gasteiger partial charge >= 0.3 is 12.1 Å². The normalized spacial score (nSPS) is 21.1. The first-order chi connectivity index (χ1) is 16.5. The van der Waals surface area contributed by atoms with E-state index in [0.29, 0.717) is 5.56 Å². The minimum atomic E-state index is -1.50. The highest BCUT2D eigenvalue weighted by Crippen LogP contribution is 2.34. The number of barbiturate groups is 2. The molecular weight excluding hydrogens is 456 g/mol. The van der Waals surface area contributed by atoms with Crippen LogP contribution in [-0.4, -0.2) is 69.1 Å². The van der Waals surface area contributed by atoms with Crippen molar-refractivity contribution in [2.45, 2.75) is 20.3 Å². The molecule has 2 aromatic heterocycles. The van der Waals surface area contributed by atoms with Crippen LogP contribution in [0.4, 0.5) is 9.59 Å². The van der Waals surface area contributed by atoms with Crippen LogP contribution in [-0.2, 0) is 25.6 Å². The topological polar surface area (TPSA) is 151 Å². The van der Waals surface area contributed by atoms with E-state index in [1.54, 1.807) is 12.4 Å². The van der Waals surface area contributed by atoms with Gasteiger partial charge in [-0.05, 0) is 44.0 Å². The van der Waals surface area contributed by atoms with E-state index in [0.717, 1.165) is 26.9 Å². The zero-order valence-corrected chi connectivity index (χ0v) is 19.6. The zero-order chi connectivity index (χ0) is 25.6. The quantitative estimate of drug-likeness (QED) is 0.584. The summed E-state index contributed by atoms with van der Waals surface area (Å²) in [5.41, 5.74) is 3.16. The molecule has 0 spiro atoms. The Kier molecular flexibility index (Phi) is 5.97. The third kappa shape index (κ3) is 3.96. The van der Waals surface area contributed by atoms with E-state index in [2.05, 4.69) is 15.6 Å². The second kappa shape index (κ2) is 8.78. The lowest BCUT2D eigenvalue weighted by Gasteiger charge is -2.38. The minimum Gasteiger partial charge on any atom is -0.318 e. The molecule has 0 bridgehead atoms. The lowest BCUT2D eigenvalue weighted by atomic mass is 9.74. The molecular formula is C23H24N6O6. The van der Waals surface area contributed by atoms with E-state index in [9.17, 15) is 28.8 Å². The van der Waals surface area contributed by atoms with Gasteiger partial charge in [0, 0.05) is 49.5 Å². The Morgan fingerprint density at radius 1 is 0.857 bits per heavy atom. The molecule has 2 aliphatic heterocycles. The van der Waals surface area contributed by atoms with Crippen LogP contribution in [0.3, 0.4) is 0 Å². The smallest absolute Gasteiger partial charge is 0.318 e. The fourth-order valence-corrected chi connectivity index (χ4v) is 4.74. The first-order valence-electron chi connectivity index (χ1n) is 10.9. The first kappa shape index (κ1) is 23.8. The van der Waals surface area contributed by atoms with E-state index < -0.39 is 53.4 Å². The lowest BCUT2D eigenvalue weighted by molar-refractivity contribution is -0.150. The number of aromatic nitrogens is 2. The molecule has 0 unspecified atom stereocenters. The summed E-state index contributed by atoms with van der Waals surface area (Å²) in [7, 11) is 2.42. The molecule has 2 aliphatic rings. The molecule has 2 saturated heterocycles. The van der Waals surface area contributed by atoms with Crippen LogP contribution in [0.25, 0.3) is 5.69 Å². The number of carbonyl (C=O) groups is 6. The van der Waals surface area contributed by atoms with Gasteiger partial charge in [-0.15, -0.1) is 0 Å². The number of nitrogens with one attached hydrogen (secondary N) is 2. The number of imide groups is 4. The number of carbonyl (C=O) groups excluding carboxylic acids is 6. The van der Waals surface area contributed by atoms with Crippen molar-refractivity contribution in [3.8, 4) is 5.69 Å². The molecule has 0 aromatic carbocycles. The summed E-state index contributed by atoms with van der Waals surface area (Å²) in [6.07, 6.45) is 3.28. The number of nitrogens with zero attached hydrogens (tertiary/aromatic N) is 4. The highest BCUT2D eigenvalue weighted by molar-refractivity contribution is 6.19. The molecule has 2 aromatic rings. The van der Waals surface area contributed by atoms with E-state index in [1.165, 1.54) is 14.1 Å². The molecule has 2 N–H and O–H groups in total. The van der Waals surface area contributed by atoms with Crippen LogP contribution in [0, 0.1) is 31.6 Å². The molecule has 2 fully saturated rings. The number of pyridine rings is 1. The van der Waals surface area contributed by atoms with Gasteiger partial charge in [0.2, 0.25) is 23.6 Å². The van der Waals surface area contributed by atoms with E-state index in [1.807, 2.05) is 36.6 Å². The maximum atomic E-state index is 13.1. The fourth-order valence-electron chi connectivity index (χ4n) is 4.74. The van der Waals surface area contributed by atoms with Gasteiger partial charge in [-0.25, -0.2) is 9.59 Å². The van der Waals surface area contributed by atoms with E-state index in [-0.39, 0.29) is 6.42 Å². The van der Waals surface area contributed by atoms with Crippen LogP contribution >= 0.6 is 0 Å². The van der Waals surface area contributed by atoms with Crippen molar-refractivity contribution in [1.29, 1.82) is 0 Å². The monoisotopic (exact) mass is 480 g/mol. The van der Waals surface area contributed by atoms with Gasteiger partial charge in [0.15, 0.2) is 0 Å². The van der Waals surface area contributed by atoms with Crippen LogP contribution in [0.15, 0.2) is 30.6 Å². The Morgan fingerprint density at radius 3 is 1.83 bits per heavy atom. The summed E-state index contributed by atoms with van der Waals surface area (Å²) in [6, 6.07) is 3.70. The number of rotatable bonds is 5. The molecule has 4 rings (SSSR count). The van der Waals surface area contributed by atoms with Crippen molar-refractivity contribution in [2.75, 3.05) is 14.1 Å². The van der Waals surface area contributed by atoms with Crippen LogP contribution < -0.4 is 10.6 Å². The number of hydrogen-bond acceptors (Lipinski definition) is 7. The Bertz CT molecular complexity index is 1220. The summed E-state index contributed by atoms with van der Waals surface area (Å²) in [5.74, 6) is -7.60. The maximum Gasteiger partial charge on any atom is 0.330 e. The van der Waals surface area contributed by atoms with Gasteiger partial charge in [-0.1, -0.05) is 0 Å². The highest BCUT2D eigenvalue weighted by atomic mass is 16.2. The molecule has 0 saturated carbocycles. The molecule has 0 radical (unpaired) electrons. The molecule has 182 valence electrons.